The van der Waals surface area contributed by atoms with Crippen LogP contribution in [0.25, 0.3) is 0 Å². The van der Waals surface area contributed by atoms with Gasteiger partial charge in [0.15, 0.2) is 9.84 Å². The van der Waals surface area contributed by atoms with Crippen molar-refractivity contribution in [3.63, 3.8) is 0 Å². The maximum absolute atomic E-state index is 12.5. The minimum absolute atomic E-state index is 0.171. The molecule has 2 atom stereocenters. The lowest BCUT2D eigenvalue weighted by Gasteiger charge is -2.19. The van der Waals surface area contributed by atoms with Gasteiger partial charge in [0.2, 0.25) is 0 Å². The lowest BCUT2D eigenvalue weighted by molar-refractivity contribution is 0.402. The van der Waals surface area contributed by atoms with Crippen LogP contribution in [0.4, 0.5) is 0 Å². The highest BCUT2D eigenvalue weighted by molar-refractivity contribution is 7.92. The summed E-state index contributed by atoms with van der Waals surface area (Å²) in [6.45, 7) is 6.59. The normalized spacial score (nSPS) is 14.9. The summed E-state index contributed by atoms with van der Waals surface area (Å²) in [6.07, 6.45) is 0.578. The van der Waals surface area contributed by atoms with Gasteiger partial charge in [-0.05, 0) is 38.9 Å². The van der Waals surface area contributed by atoms with E-state index >= 15 is 0 Å². The first-order valence-electron chi connectivity index (χ1n) is 6.53. The molecule has 2 unspecified atom stereocenters. The van der Waals surface area contributed by atoms with E-state index in [1.54, 1.807) is 31.2 Å². The Balaban J connectivity index is 2.97. The van der Waals surface area contributed by atoms with Gasteiger partial charge >= 0.3 is 0 Å². The topological polar surface area (TPSA) is 55.4 Å². The molecule has 0 aliphatic heterocycles. The van der Waals surface area contributed by atoms with Gasteiger partial charge in [0.05, 0.1) is 12.4 Å². The Kier molecular flexibility index (Phi) is 5.82. The molecule has 0 aliphatic carbocycles. The maximum Gasteiger partial charge on any atom is 0.184 e. The molecule has 1 aromatic rings. The predicted octanol–water partition coefficient (Wildman–Crippen LogP) is 2.25. The third-order valence-corrected chi connectivity index (χ3v) is 5.35. The van der Waals surface area contributed by atoms with Crippen LogP contribution in [0.2, 0.25) is 0 Å². The summed E-state index contributed by atoms with van der Waals surface area (Å²) in [4.78, 5) is 0.272. The molecule has 0 saturated heterocycles. The molecule has 0 amide bonds. The van der Waals surface area contributed by atoms with Crippen molar-refractivity contribution in [2.45, 2.75) is 43.4 Å². The second kappa shape index (κ2) is 6.91. The van der Waals surface area contributed by atoms with E-state index < -0.39 is 15.1 Å². The Hall–Kier alpha value is -1.07. The van der Waals surface area contributed by atoms with Crippen molar-refractivity contribution in [3.05, 3.63) is 24.3 Å². The fourth-order valence-corrected chi connectivity index (χ4v) is 3.80. The average Bonchev–Trinajstić information content (AvgIpc) is 2.38. The molecule has 0 bridgehead atoms. The Labute approximate surface area is 116 Å². The summed E-state index contributed by atoms with van der Waals surface area (Å²) in [7, 11) is -1.87. The van der Waals surface area contributed by atoms with E-state index in [0.29, 0.717) is 12.2 Å². The zero-order valence-electron chi connectivity index (χ0n) is 12.0. The molecular weight excluding hydrogens is 262 g/mol. The third kappa shape index (κ3) is 3.94. The first kappa shape index (κ1) is 16.0. The van der Waals surface area contributed by atoms with Crippen LogP contribution in [-0.2, 0) is 9.84 Å². The van der Waals surface area contributed by atoms with Crippen LogP contribution < -0.4 is 10.1 Å². The molecule has 1 rings (SSSR count). The number of para-hydroxylation sites is 1. The van der Waals surface area contributed by atoms with Crippen LogP contribution in [0, 0.1) is 0 Å². The molecule has 1 aromatic carbocycles. The van der Waals surface area contributed by atoms with Crippen molar-refractivity contribution in [3.8, 4) is 5.75 Å². The van der Waals surface area contributed by atoms with Crippen LogP contribution in [0.5, 0.6) is 5.75 Å². The van der Waals surface area contributed by atoms with Crippen molar-refractivity contribution in [1.82, 2.24) is 5.32 Å². The van der Waals surface area contributed by atoms with Gasteiger partial charge in [0, 0.05) is 6.04 Å². The minimum atomic E-state index is -3.36. The molecule has 0 aliphatic rings. The highest BCUT2D eigenvalue weighted by Crippen LogP contribution is 2.27. The molecule has 4 nitrogen and oxygen atoms in total. The Morgan fingerprint density at radius 3 is 2.47 bits per heavy atom. The van der Waals surface area contributed by atoms with Gasteiger partial charge in [-0.2, -0.15) is 0 Å². The molecule has 0 aromatic heterocycles. The maximum atomic E-state index is 12.5. The highest BCUT2D eigenvalue weighted by atomic mass is 32.2. The second-order valence-corrected chi connectivity index (χ2v) is 7.04. The molecule has 0 saturated carbocycles. The van der Waals surface area contributed by atoms with Gasteiger partial charge in [-0.15, -0.1) is 0 Å². The SMILES string of the molecule is CCNC(C)CC(C)S(=O)(=O)c1ccccc1OC. The van der Waals surface area contributed by atoms with E-state index in [1.807, 2.05) is 13.8 Å². The predicted molar refractivity (Wildman–Crippen MR) is 77.4 cm³/mol. The van der Waals surface area contributed by atoms with E-state index in [2.05, 4.69) is 5.32 Å². The lowest BCUT2D eigenvalue weighted by Crippen LogP contribution is -2.32. The van der Waals surface area contributed by atoms with E-state index in [1.165, 1.54) is 7.11 Å². The lowest BCUT2D eigenvalue weighted by atomic mass is 10.2. The van der Waals surface area contributed by atoms with Crippen molar-refractivity contribution < 1.29 is 13.2 Å². The van der Waals surface area contributed by atoms with Gasteiger partial charge < -0.3 is 10.1 Å². The average molecular weight is 285 g/mol. The zero-order valence-corrected chi connectivity index (χ0v) is 12.8. The van der Waals surface area contributed by atoms with E-state index in [4.69, 9.17) is 4.74 Å². The summed E-state index contributed by atoms with van der Waals surface area (Å²) in [5.74, 6) is 0.408. The van der Waals surface area contributed by atoms with Crippen LogP contribution in [-0.4, -0.2) is 33.4 Å². The number of hydrogen-bond acceptors (Lipinski definition) is 4. The molecule has 0 fully saturated rings. The second-order valence-electron chi connectivity index (χ2n) is 4.70. The van der Waals surface area contributed by atoms with Crippen molar-refractivity contribution in [2.75, 3.05) is 13.7 Å². The van der Waals surface area contributed by atoms with Gasteiger partial charge in [-0.1, -0.05) is 19.1 Å². The number of methoxy groups -OCH3 is 1. The van der Waals surface area contributed by atoms with E-state index in [0.717, 1.165) is 6.54 Å². The molecule has 0 spiro atoms. The third-order valence-electron chi connectivity index (χ3n) is 3.14. The standard InChI is InChI=1S/C14H23NO3S/c1-5-15-11(2)10-12(3)19(16,17)14-9-7-6-8-13(14)18-4/h6-9,11-12,15H,5,10H2,1-4H3. The molecule has 0 radical (unpaired) electrons. The van der Waals surface area contributed by atoms with Gasteiger partial charge in [-0.3, -0.25) is 0 Å². The van der Waals surface area contributed by atoms with Crippen LogP contribution in [0.3, 0.4) is 0 Å². The number of rotatable bonds is 7. The number of sulfone groups is 1. The summed E-state index contributed by atoms with van der Waals surface area (Å²) in [6, 6.07) is 6.93. The summed E-state index contributed by atoms with van der Waals surface area (Å²) in [5, 5.41) is 2.79. The number of ether oxygens (including phenoxy) is 1. The molecule has 1 N–H and O–H groups in total. The van der Waals surface area contributed by atoms with Crippen LogP contribution in [0.1, 0.15) is 27.2 Å². The van der Waals surface area contributed by atoms with Crippen LogP contribution in [0.15, 0.2) is 29.2 Å². The van der Waals surface area contributed by atoms with E-state index in [-0.39, 0.29) is 10.9 Å². The Morgan fingerprint density at radius 2 is 1.89 bits per heavy atom. The largest absolute Gasteiger partial charge is 0.495 e. The quantitative estimate of drug-likeness (QED) is 0.835. The molecular formula is C14H23NO3S. The van der Waals surface area contributed by atoms with Crippen molar-refractivity contribution in [2.24, 2.45) is 0 Å². The first-order valence-corrected chi connectivity index (χ1v) is 8.08. The number of hydrogen-bond donors (Lipinski definition) is 1. The van der Waals surface area contributed by atoms with Crippen LogP contribution >= 0.6 is 0 Å². The summed E-state index contributed by atoms with van der Waals surface area (Å²) in [5.41, 5.74) is 0. The fraction of sp³-hybridized carbons (Fsp3) is 0.571. The fourth-order valence-electron chi connectivity index (χ4n) is 2.13. The zero-order chi connectivity index (χ0) is 14.5. The molecule has 108 valence electrons. The Morgan fingerprint density at radius 1 is 1.26 bits per heavy atom. The van der Waals surface area contributed by atoms with Crippen molar-refractivity contribution >= 4 is 9.84 Å². The summed E-state index contributed by atoms with van der Waals surface area (Å²) >= 11 is 0. The minimum Gasteiger partial charge on any atom is -0.495 e. The molecule has 0 heterocycles. The summed E-state index contributed by atoms with van der Waals surface area (Å²) < 4.78 is 30.2. The van der Waals surface area contributed by atoms with Gasteiger partial charge in [0.1, 0.15) is 10.6 Å². The smallest absolute Gasteiger partial charge is 0.184 e. The monoisotopic (exact) mass is 285 g/mol. The number of nitrogens with one attached hydrogen (secondary N) is 1. The van der Waals surface area contributed by atoms with Gasteiger partial charge in [-0.25, -0.2) is 8.42 Å². The molecule has 5 heteroatoms. The van der Waals surface area contributed by atoms with E-state index in [9.17, 15) is 8.42 Å². The van der Waals surface area contributed by atoms with Gasteiger partial charge in [0.25, 0.3) is 0 Å². The van der Waals surface area contributed by atoms with Crippen molar-refractivity contribution in [1.29, 1.82) is 0 Å². The Bertz CT molecular complexity index is 499. The molecule has 19 heavy (non-hydrogen) atoms. The first-order chi connectivity index (χ1) is 8.93. The number of benzene rings is 1. The highest BCUT2D eigenvalue weighted by Gasteiger charge is 2.27.